The highest BCUT2D eigenvalue weighted by atomic mass is 79.9. The zero-order valence-electron chi connectivity index (χ0n) is 11.4. The Morgan fingerprint density at radius 2 is 2.05 bits per heavy atom. The van der Waals surface area contributed by atoms with E-state index in [1.54, 1.807) is 0 Å². The summed E-state index contributed by atoms with van der Waals surface area (Å²) in [5.41, 5.74) is 9.02. The Morgan fingerprint density at radius 1 is 1.37 bits per heavy atom. The van der Waals surface area contributed by atoms with Crippen molar-refractivity contribution in [1.29, 1.82) is 0 Å². The highest BCUT2D eigenvalue weighted by Gasteiger charge is 2.15. The van der Waals surface area contributed by atoms with Crippen molar-refractivity contribution in [3.63, 3.8) is 0 Å². The normalized spacial score (nSPS) is 11.0. The van der Waals surface area contributed by atoms with Crippen LogP contribution in [0.15, 0.2) is 28.7 Å². The number of aromatic nitrogens is 2. The average Bonchev–Trinajstić information content (AvgIpc) is 2.65. The molecular formula is C14H19BrN4. The van der Waals surface area contributed by atoms with E-state index in [1.165, 1.54) is 5.56 Å². The largest absolute Gasteiger partial charge is 0.394 e. The van der Waals surface area contributed by atoms with Crippen LogP contribution >= 0.6 is 15.9 Å². The monoisotopic (exact) mass is 322 g/mol. The number of aryl methyl sites for hydroxylation is 1. The summed E-state index contributed by atoms with van der Waals surface area (Å²) < 4.78 is 2.90. The van der Waals surface area contributed by atoms with Gasteiger partial charge < -0.3 is 11.1 Å². The highest BCUT2D eigenvalue weighted by molar-refractivity contribution is 9.10. The van der Waals surface area contributed by atoms with Gasteiger partial charge in [0.25, 0.3) is 0 Å². The van der Waals surface area contributed by atoms with Crippen LogP contribution in [0.25, 0.3) is 0 Å². The van der Waals surface area contributed by atoms with Gasteiger partial charge in [0, 0.05) is 18.1 Å². The summed E-state index contributed by atoms with van der Waals surface area (Å²) in [6, 6.07) is 8.13. The zero-order valence-corrected chi connectivity index (χ0v) is 13.0. The minimum absolute atomic E-state index is 0.324. The van der Waals surface area contributed by atoms with Crippen molar-refractivity contribution in [2.24, 2.45) is 7.05 Å². The van der Waals surface area contributed by atoms with Gasteiger partial charge in [-0.3, -0.25) is 4.68 Å². The molecular weight excluding hydrogens is 304 g/mol. The van der Waals surface area contributed by atoms with Crippen LogP contribution in [0.5, 0.6) is 0 Å². The second-order valence-electron chi connectivity index (χ2n) is 4.87. The van der Waals surface area contributed by atoms with Crippen LogP contribution in [-0.2, 0) is 13.6 Å². The molecule has 0 bridgehead atoms. The standard InChI is InChI=1S/C14H19BrN4/c1-9(2)13-12(16)14(19(3)18-13)17-8-10-6-4-5-7-11(10)15/h4-7,9,17H,8,16H2,1-3H3. The Morgan fingerprint density at radius 3 is 2.63 bits per heavy atom. The topological polar surface area (TPSA) is 55.9 Å². The van der Waals surface area contributed by atoms with Gasteiger partial charge in [-0.2, -0.15) is 5.10 Å². The molecule has 0 aliphatic carbocycles. The molecule has 0 amide bonds. The van der Waals surface area contributed by atoms with Crippen LogP contribution in [0.4, 0.5) is 11.5 Å². The van der Waals surface area contributed by atoms with Crippen LogP contribution in [0.2, 0.25) is 0 Å². The van der Waals surface area contributed by atoms with E-state index in [0.717, 1.165) is 21.7 Å². The predicted molar refractivity (Wildman–Crippen MR) is 83.2 cm³/mol. The first kappa shape index (κ1) is 13.9. The molecule has 0 unspecified atom stereocenters. The first-order valence-electron chi connectivity index (χ1n) is 6.30. The molecule has 0 fully saturated rings. The summed E-state index contributed by atoms with van der Waals surface area (Å²) >= 11 is 3.54. The van der Waals surface area contributed by atoms with E-state index in [0.29, 0.717) is 12.5 Å². The van der Waals surface area contributed by atoms with Gasteiger partial charge >= 0.3 is 0 Å². The molecule has 1 aromatic heterocycles. The van der Waals surface area contributed by atoms with Crippen molar-refractivity contribution < 1.29 is 0 Å². The van der Waals surface area contributed by atoms with Crippen LogP contribution in [0.1, 0.15) is 31.0 Å². The lowest BCUT2D eigenvalue weighted by molar-refractivity contribution is 0.715. The molecule has 5 heteroatoms. The second-order valence-corrected chi connectivity index (χ2v) is 5.73. The molecule has 0 radical (unpaired) electrons. The van der Waals surface area contributed by atoms with Gasteiger partial charge in [-0.05, 0) is 17.5 Å². The third-order valence-corrected chi connectivity index (χ3v) is 3.84. The quantitative estimate of drug-likeness (QED) is 0.905. The maximum atomic E-state index is 6.15. The van der Waals surface area contributed by atoms with Crippen molar-refractivity contribution in [2.75, 3.05) is 11.1 Å². The van der Waals surface area contributed by atoms with Gasteiger partial charge in [0.05, 0.1) is 11.4 Å². The molecule has 0 saturated carbocycles. The van der Waals surface area contributed by atoms with E-state index in [4.69, 9.17) is 5.73 Å². The Hall–Kier alpha value is -1.49. The number of benzene rings is 1. The lowest BCUT2D eigenvalue weighted by atomic mass is 10.1. The molecule has 2 aromatic rings. The number of hydrogen-bond donors (Lipinski definition) is 2. The number of rotatable bonds is 4. The Labute approximate surface area is 122 Å². The highest BCUT2D eigenvalue weighted by Crippen LogP contribution is 2.28. The van der Waals surface area contributed by atoms with Gasteiger partial charge in [0.1, 0.15) is 5.82 Å². The predicted octanol–water partition coefficient (Wildman–Crippen LogP) is 3.50. The maximum Gasteiger partial charge on any atom is 0.148 e. The van der Waals surface area contributed by atoms with E-state index in [-0.39, 0.29) is 0 Å². The number of nitrogens with one attached hydrogen (secondary N) is 1. The molecule has 1 aromatic carbocycles. The first-order chi connectivity index (χ1) is 9.00. The summed E-state index contributed by atoms with van der Waals surface area (Å²) in [6.45, 7) is 4.90. The Bertz CT molecular complexity index is 575. The molecule has 1 heterocycles. The van der Waals surface area contributed by atoms with Gasteiger partial charge in [-0.25, -0.2) is 0 Å². The number of nitrogens with zero attached hydrogens (tertiary/aromatic N) is 2. The summed E-state index contributed by atoms with van der Waals surface area (Å²) in [7, 11) is 1.91. The fourth-order valence-corrected chi connectivity index (χ4v) is 2.44. The number of anilines is 2. The molecule has 0 spiro atoms. The maximum absolute atomic E-state index is 6.15. The van der Waals surface area contributed by atoms with E-state index in [9.17, 15) is 0 Å². The smallest absolute Gasteiger partial charge is 0.148 e. The summed E-state index contributed by atoms with van der Waals surface area (Å²) in [5.74, 6) is 1.20. The second kappa shape index (κ2) is 5.65. The summed E-state index contributed by atoms with van der Waals surface area (Å²) in [5, 5.41) is 7.82. The van der Waals surface area contributed by atoms with Crippen molar-refractivity contribution in [2.45, 2.75) is 26.3 Å². The minimum atomic E-state index is 0.324. The minimum Gasteiger partial charge on any atom is -0.394 e. The van der Waals surface area contributed by atoms with E-state index < -0.39 is 0 Å². The first-order valence-corrected chi connectivity index (χ1v) is 7.09. The van der Waals surface area contributed by atoms with Crippen LogP contribution < -0.4 is 11.1 Å². The third kappa shape index (κ3) is 2.92. The Balaban J connectivity index is 2.19. The van der Waals surface area contributed by atoms with E-state index >= 15 is 0 Å². The fourth-order valence-electron chi connectivity index (χ4n) is 2.02. The van der Waals surface area contributed by atoms with E-state index in [1.807, 2.05) is 29.9 Å². The number of halogens is 1. The van der Waals surface area contributed by atoms with Crippen molar-refractivity contribution >= 4 is 27.4 Å². The van der Waals surface area contributed by atoms with Crippen LogP contribution in [0.3, 0.4) is 0 Å². The molecule has 4 nitrogen and oxygen atoms in total. The third-order valence-electron chi connectivity index (χ3n) is 3.06. The molecule has 3 N–H and O–H groups in total. The van der Waals surface area contributed by atoms with E-state index in [2.05, 4.69) is 46.3 Å². The molecule has 0 aliphatic heterocycles. The lowest BCUT2D eigenvalue weighted by Crippen LogP contribution is -2.06. The zero-order chi connectivity index (χ0) is 14.0. The van der Waals surface area contributed by atoms with Crippen LogP contribution in [0, 0.1) is 0 Å². The van der Waals surface area contributed by atoms with Crippen LogP contribution in [-0.4, -0.2) is 9.78 Å². The number of hydrogen-bond acceptors (Lipinski definition) is 3. The fraction of sp³-hybridized carbons (Fsp3) is 0.357. The van der Waals surface area contributed by atoms with Gasteiger partial charge in [-0.1, -0.05) is 48.0 Å². The Kier molecular flexibility index (Phi) is 4.14. The SMILES string of the molecule is CC(C)c1nn(C)c(NCc2ccccc2Br)c1N. The summed E-state index contributed by atoms with van der Waals surface area (Å²) in [4.78, 5) is 0. The lowest BCUT2D eigenvalue weighted by Gasteiger charge is -2.09. The molecule has 0 atom stereocenters. The van der Waals surface area contributed by atoms with Crippen molar-refractivity contribution in [3.8, 4) is 0 Å². The number of nitrogens with two attached hydrogens (primary N) is 1. The van der Waals surface area contributed by atoms with Crippen molar-refractivity contribution in [3.05, 3.63) is 40.0 Å². The number of nitrogen functional groups attached to an aromatic ring is 1. The molecule has 19 heavy (non-hydrogen) atoms. The van der Waals surface area contributed by atoms with Crippen molar-refractivity contribution in [1.82, 2.24) is 9.78 Å². The molecule has 102 valence electrons. The van der Waals surface area contributed by atoms with Gasteiger partial charge in [-0.15, -0.1) is 0 Å². The van der Waals surface area contributed by atoms with Gasteiger partial charge in [0.2, 0.25) is 0 Å². The van der Waals surface area contributed by atoms with Gasteiger partial charge in [0.15, 0.2) is 0 Å². The molecule has 0 aliphatic rings. The summed E-state index contributed by atoms with van der Waals surface area (Å²) in [6.07, 6.45) is 0. The molecule has 0 saturated heterocycles. The average molecular weight is 323 g/mol. The molecule has 2 rings (SSSR count).